The molecule has 0 bridgehead atoms. The van der Waals surface area contributed by atoms with Crippen molar-refractivity contribution in [1.29, 1.82) is 0 Å². The first-order valence-corrected chi connectivity index (χ1v) is 4.66. The van der Waals surface area contributed by atoms with Crippen molar-refractivity contribution >= 4 is 15.9 Å². The molecule has 0 unspecified atom stereocenters. The average molecular weight is 232 g/mol. The number of hydrogen-bond acceptors (Lipinski definition) is 4. The van der Waals surface area contributed by atoms with Crippen LogP contribution in [-0.2, 0) is 19.1 Å². The fourth-order valence-corrected chi connectivity index (χ4v) is 1.02. The van der Waals surface area contributed by atoms with Crippen LogP contribution in [0, 0.1) is 0 Å². The molecule has 0 saturated heterocycles. The Kier molecular flexibility index (Phi) is 3.69. The number of carbonyl (C=O) groups is 1. The molecule has 0 aliphatic rings. The van der Waals surface area contributed by atoms with Gasteiger partial charge in [0.25, 0.3) is 0 Å². The van der Waals surface area contributed by atoms with E-state index in [2.05, 4.69) is 4.18 Å². The van der Waals surface area contributed by atoms with Gasteiger partial charge in [-0.3, -0.25) is 4.79 Å². The highest BCUT2D eigenvalue weighted by Crippen LogP contribution is 2.26. The topological polar surface area (TPSA) is 60.4 Å². The summed E-state index contributed by atoms with van der Waals surface area (Å²) in [6, 6.07) is 0. The van der Waals surface area contributed by atoms with E-state index in [9.17, 15) is 26.4 Å². The summed E-state index contributed by atoms with van der Waals surface area (Å²) in [6.45, 7) is 1.98. The molecule has 0 radical (unpaired) electrons. The highest BCUT2D eigenvalue weighted by atomic mass is 32.2. The molecule has 0 aromatic heterocycles. The number of allylic oxidation sites excluding steroid dienone is 2. The minimum Gasteiger partial charge on any atom is -0.381 e. The van der Waals surface area contributed by atoms with E-state index in [1.54, 1.807) is 0 Å². The molecule has 0 heterocycles. The van der Waals surface area contributed by atoms with Gasteiger partial charge in [-0.25, -0.2) is 0 Å². The van der Waals surface area contributed by atoms with Crippen molar-refractivity contribution in [1.82, 2.24) is 0 Å². The number of alkyl halides is 3. The molecule has 4 nitrogen and oxygen atoms in total. The van der Waals surface area contributed by atoms with Gasteiger partial charge in [0.2, 0.25) is 0 Å². The van der Waals surface area contributed by atoms with Crippen molar-refractivity contribution in [2.75, 3.05) is 0 Å². The molecule has 82 valence electrons. The third-order valence-corrected chi connectivity index (χ3v) is 1.98. The van der Waals surface area contributed by atoms with Crippen molar-refractivity contribution < 1.29 is 30.6 Å². The molecule has 0 amide bonds. The molecule has 0 aromatic carbocycles. The van der Waals surface area contributed by atoms with Crippen LogP contribution < -0.4 is 0 Å². The second-order valence-corrected chi connectivity index (χ2v) is 3.89. The highest BCUT2D eigenvalue weighted by molar-refractivity contribution is 7.87. The third-order valence-electron chi connectivity index (χ3n) is 0.931. The first kappa shape index (κ1) is 12.9. The molecule has 0 aliphatic heterocycles. The van der Waals surface area contributed by atoms with Crippen molar-refractivity contribution in [2.24, 2.45) is 0 Å². The quantitative estimate of drug-likeness (QED) is 0.319. The lowest BCUT2D eigenvalue weighted by Gasteiger charge is -2.08. The van der Waals surface area contributed by atoms with Crippen LogP contribution in [0.25, 0.3) is 0 Å². The van der Waals surface area contributed by atoms with Crippen molar-refractivity contribution in [2.45, 2.75) is 19.4 Å². The minimum absolute atomic E-state index is 0.611. The zero-order valence-corrected chi connectivity index (χ0v) is 8.07. The number of hydrogen-bond donors (Lipinski definition) is 0. The number of rotatable bonds is 3. The van der Waals surface area contributed by atoms with Crippen LogP contribution in [0.2, 0.25) is 0 Å². The molecule has 14 heavy (non-hydrogen) atoms. The van der Waals surface area contributed by atoms with Crippen LogP contribution in [0.1, 0.15) is 13.8 Å². The maximum absolute atomic E-state index is 11.7. The van der Waals surface area contributed by atoms with E-state index in [0.29, 0.717) is 6.08 Å². The number of carbonyl (C=O) groups excluding carboxylic acids is 1. The van der Waals surface area contributed by atoms with E-state index >= 15 is 0 Å². The fraction of sp³-hybridized carbons (Fsp3) is 0.500. The molecule has 0 aromatic rings. The van der Waals surface area contributed by atoms with Gasteiger partial charge >= 0.3 is 15.6 Å². The van der Waals surface area contributed by atoms with Gasteiger partial charge in [-0.2, -0.15) is 21.6 Å². The molecule has 0 saturated carbocycles. The Labute approximate surface area is 78.5 Å². The molecule has 0 aliphatic carbocycles. The molecule has 0 rings (SSSR count). The summed E-state index contributed by atoms with van der Waals surface area (Å²) >= 11 is 0. The largest absolute Gasteiger partial charge is 0.534 e. The molecule has 0 fully saturated rings. The summed E-state index contributed by atoms with van der Waals surface area (Å²) in [5, 5.41) is 0. The predicted molar refractivity (Wildman–Crippen MR) is 40.5 cm³/mol. The Balaban J connectivity index is 4.80. The monoisotopic (exact) mass is 232 g/mol. The normalized spacial score (nSPS) is 13.9. The number of ketones is 1. The first-order chi connectivity index (χ1) is 6.06. The molecule has 0 N–H and O–H groups in total. The van der Waals surface area contributed by atoms with Gasteiger partial charge in [-0.05, 0) is 13.8 Å². The lowest BCUT2D eigenvalue weighted by atomic mass is 10.4. The van der Waals surface area contributed by atoms with E-state index in [1.807, 2.05) is 0 Å². The predicted octanol–water partition coefficient (Wildman–Crippen LogP) is 1.35. The average Bonchev–Trinajstić information content (AvgIpc) is 1.79. The lowest BCUT2D eigenvalue weighted by molar-refractivity contribution is -0.112. The summed E-state index contributed by atoms with van der Waals surface area (Å²) < 4.78 is 59.4. The highest BCUT2D eigenvalue weighted by Gasteiger charge is 2.48. The maximum Gasteiger partial charge on any atom is 0.534 e. The van der Waals surface area contributed by atoms with Crippen LogP contribution in [0.4, 0.5) is 13.2 Å². The van der Waals surface area contributed by atoms with Gasteiger partial charge in [0.15, 0.2) is 5.78 Å². The smallest absolute Gasteiger partial charge is 0.381 e. The van der Waals surface area contributed by atoms with Gasteiger partial charge in [0.1, 0.15) is 5.76 Å². The third kappa shape index (κ3) is 3.77. The molecule has 8 heteroatoms. The fourth-order valence-electron chi connectivity index (χ4n) is 0.531. The summed E-state index contributed by atoms with van der Waals surface area (Å²) in [4.78, 5) is 10.4. The van der Waals surface area contributed by atoms with E-state index < -0.39 is 27.2 Å². The van der Waals surface area contributed by atoms with Crippen LogP contribution >= 0.6 is 0 Å². The minimum atomic E-state index is -5.66. The van der Waals surface area contributed by atoms with Crippen LogP contribution in [0.15, 0.2) is 11.8 Å². The summed E-state index contributed by atoms with van der Waals surface area (Å²) in [7, 11) is -5.66. The second kappa shape index (κ2) is 3.99. The van der Waals surface area contributed by atoms with Gasteiger partial charge in [-0.15, -0.1) is 0 Å². The number of halogens is 3. The van der Waals surface area contributed by atoms with Gasteiger partial charge in [-0.1, -0.05) is 0 Å². The SMILES string of the molecule is CC(=O)/C=C(\C)OS(=O)(=O)C(F)(F)F. The zero-order valence-electron chi connectivity index (χ0n) is 7.25. The maximum atomic E-state index is 11.7. The Morgan fingerprint density at radius 3 is 2.00 bits per heavy atom. The van der Waals surface area contributed by atoms with Crippen molar-refractivity contribution in [3.8, 4) is 0 Å². The van der Waals surface area contributed by atoms with E-state index in [0.717, 1.165) is 13.8 Å². The van der Waals surface area contributed by atoms with E-state index in [-0.39, 0.29) is 0 Å². The molecular formula is C6H7F3O4S. The van der Waals surface area contributed by atoms with Gasteiger partial charge in [0, 0.05) is 6.08 Å². The Morgan fingerprint density at radius 1 is 1.29 bits per heavy atom. The van der Waals surface area contributed by atoms with E-state index in [4.69, 9.17) is 0 Å². The Bertz CT molecular complexity index is 352. The standard InChI is InChI=1S/C6H7F3O4S/c1-4(10)3-5(2)13-14(11,12)6(7,8)9/h3H,1-2H3/b5-3+. The molecule has 0 spiro atoms. The Hall–Kier alpha value is -1.05. The van der Waals surface area contributed by atoms with Crippen LogP contribution in [0.5, 0.6) is 0 Å². The summed E-state index contributed by atoms with van der Waals surface area (Å²) in [6.07, 6.45) is 0.642. The molecule has 0 atom stereocenters. The Morgan fingerprint density at radius 2 is 1.71 bits per heavy atom. The van der Waals surface area contributed by atoms with Crippen molar-refractivity contribution in [3.63, 3.8) is 0 Å². The van der Waals surface area contributed by atoms with Crippen molar-refractivity contribution in [3.05, 3.63) is 11.8 Å². The first-order valence-electron chi connectivity index (χ1n) is 3.26. The van der Waals surface area contributed by atoms with Gasteiger partial charge in [0.05, 0.1) is 0 Å². The lowest BCUT2D eigenvalue weighted by Crippen LogP contribution is -2.25. The van der Waals surface area contributed by atoms with Gasteiger partial charge < -0.3 is 4.18 Å². The summed E-state index contributed by atoms with van der Waals surface area (Å²) in [5.41, 5.74) is -5.49. The van der Waals surface area contributed by atoms with Crippen LogP contribution in [0.3, 0.4) is 0 Å². The second-order valence-electron chi connectivity index (χ2n) is 2.35. The van der Waals surface area contributed by atoms with E-state index in [1.165, 1.54) is 0 Å². The summed E-state index contributed by atoms with van der Waals surface area (Å²) in [5.74, 6) is -1.24. The van der Waals surface area contributed by atoms with Crippen LogP contribution in [-0.4, -0.2) is 19.7 Å². The zero-order chi connectivity index (χ0) is 11.6. The molecular weight excluding hydrogens is 225 g/mol.